The van der Waals surface area contributed by atoms with E-state index < -0.39 is 0 Å². The third kappa shape index (κ3) is 3.48. The van der Waals surface area contributed by atoms with Gasteiger partial charge in [0.1, 0.15) is 0 Å². The molecule has 2 N–H and O–H groups in total. The summed E-state index contributed by atoms with van der Waals surface area (Å²) in [5.74, 6) is -0.158. The van der Waals surface area contributed by atoms with E-state index in [2.05, 4.69) is 10.9 Å². The number of hydrogen-bond acceptors (Lipinski definition) is 3. The fraction of sp³-hybridized carbons (Fsp3) is 0.133. The SMILES string of the molecule is CN(C)c1ccc(C(=O)NNc2ccccc2)cc1. The van der Waals surface area contributed by atoms with Crippen LogP contribution in [0.1, 0.15) is 10.4 Å². The topological polar surface area (TPSA) is 44.4 Å². The summed E-state index contributed by atoms with van der Waals surface area (Å²) in [6.45, 7) is 0. The number of nitrogens with one attached hydrogen (secondary N) is 2. The Morgan fingerprint density at radius 1 is 0.947 bits per heavy atom. The zero-order chi connectivity index (χ0) is 13.7. The Bertz CT molecular complexity index is 535. The number of rotatable bonds is 4. The molecule has 2 aromatic rings. The molecule has 0 saturated carbocycles. The van der Waals surface area contributed by atoms with Crippen molar-refractivity contribution in [3.05, 3.63) is 60.2 Å². The Morgan fingerprint density at radius 2 is 1.58 bits per heavy atom. The number of anilines is 2. The summed E-state index contributed by atoms with van der Waals surface area (Å²) in [6.07, 6.45) is 0. The molecule has 2 rings (SSSR count). The Balaban J connectivity index is 1.96. The highest BCUT2D eigenvalue weighted by molar-refractivity contribution is 5.95. The normalized spacial score (nSPS) is 9.79. The van der Waals surface area contributed by atoms with Crippen LogP contribution in [0, 0.1) is 0 Å². The Kier molecular flexibility index (Phi) is 4.03. The van der Waals surface area contributed by atoms with E-state index in [0.717, 1.165) is 11.4 Å². The molecule has 4 heteroatoms. The molecule has 0 atom stereocenters. The van der Waals surface area contributed by atoms with Gasteiger partial charge in [0, 0.05) is 25.3 Å². The largest absolute Gasteiger partial charge is 0.378 e. The number of hydrogen-bond donors (Lipinski definition) is 2. The van der Waals surface area contributed by atoms with E-state index in [1.165, 1.54) is 0 Å². The summed E-state index contributed by atoms with van der Waals surface area (Å²) >= 11 is 0. The van der Waals surface area contributed by atoms with E-state index in [1.807, 2.05) is 61.5 Å². The lowest BCUT2D eigenvalue weighted by molar-refractivity contribution is 0.0962. The molecule has 4 nitrogen and oxygen atoms in total. The van der Waals surface area contributed by atoms with Gasteiger partial charge in [-0.2, -0.15) is 0 Å². The van der Waals surface area contributed by atoms with Crippen LogP contribution in [0.25, 0.3) is 0 Å². The highest BCUT2D eigenvalue weighted by Gasteiger charge is 2.05. The smallest absolute Gasteiger partial charge is 0.269 e. The monoisotopic (exact) mass is 255 g/mol. The molecule has 98 valence electrons. The lowest BCUT2D eigenvalue weighted by Gasteiger charge is -2.13. The standard InChI is InChI=1S/C15H17N3O/c1-18(2)14-10-8-12(9-11-14)15(19)17-16-13-6-4-3-5-7-13/h3-11,16H,1-2H3,(H,17,19). The maximum atomic E-state index is 11.9. The summed E-state index contributed by atoms with van der Waals surface area (Å²) in [5.41, 5.74) is 8.06. The zero-order valence-corrected chi connectivity index (χ0v) is 11.1. The Morgan fingerprint density at radius 3 is 2.16 bits per heavy atom. The van der Waals surface area contributed by atoms with Crippen LogP contribution in [0.5, 0.6) is 0 Å². The minimum Gasteiger partial charge on any atom is -0.378 e. The van der Waals surface area contributed by atoms with Gasteiger partial charge in [-0.25, -0.2) is 0 Å². The van der Waals surface area contributed by atoms with Gasteiger partial charge in [0.15, 0.2) is 0 Å². The van der Waals surface area contributed by atoms with Crippen molar-refractivity contribution in [3.63, 3.8) is 0 Å². The van der Waals surface area contributed by atoms with Crippen LogP contribution in [-0.4, -0.2) is 20.0 Å². The van der Waals surface area contributed by atoms with E-state index in [4.69, 9.17) is 0 Å². The van der Waals surface area contributed by atoms with Crippen LogP contribution in [0.3, 0.4) is 0 Å². The van der Waals surface area contributed by atoms with Crippen LogP contribution in [0.4, 0.5) is 11.4 Å². The van der Waals surface area contributed by atoms with Gasteiger partial charge in [0.2, 0.25) is 0 Å². The summed E-state index contributed by atoms with van der Waals surface area (Å²) in [4.78, 5) is 13.9. The van der Waals surface area contributed by atoms with Crippen LogP contribution in [0.15, 0.2) is 54.6 Å². The second-order valence-electron chi connectivity index (χ2n) is 4.39. The first kappa shape index (κ1) is 13.0. The molecule has 0 fully saturated rings. The number of amides is 1. The minimum absolute atomic E-state index is 0.158. The van der Waals surface area contributed by atoms with Crippen LogP contribution >= 0.6 is 0 Å². The third-order valence-electron chi connectivity index (χ3n) is 2.74. The summed E-state index contributed by atoms with van der Waals surface area (Å²) in [6, 6.07) is 16.9. The van der Waals surface area contributed by atoms with Crippen LogP contribution in [-0.2, 0) is 0 Å². The van der Waals surface area contributed by atoms with Crippen molar-refractivity contribution in [1.29, 1.82) is 0 Å². The number of carbonyl (C=O) groups is 1. The second kappa shape index (κ2) is 5.91. The first-order chi connectivity index (χ1) is 9.16. The molecule has 0 saturated heterocycles. The number of hydrazine groups is 1. The van der Waals surface area contributed by atoms with Crippen LogP contribution < -0.4 is 15.8 Å². The van der Waals surface area contributed by atoms with Gasteiger partial charge in [0.25, 0.3) is 5.91 Å². The highest BCUT2D eigenvalue weighted by atomic mass is 16.2. The van der Waals surface area contributed by atoms with E-state index in [-0.39, 0.29) is 5.91 Å². The molecule has 0 aromatic heterocycles. The van der Waals surface area contributed by atoms with Crippen molar-refractivity contribution in [2.24, 2.45) is 0 Å². The average molecular weight is 255 g/mol. The molecule has 1 amide bonds. The number of para-hydroxylation sites is 1. The van der Waals surface area contributed by atoms with Gasteiger partial charge in [0.05, 0.1) is 5.69 Å². The zero-order valence-electron chi connectivity index (χ0n) is 11.1. The predicted octanol–water partition coefficient (Wildman–Crippen LogP) is 2.51. The van der Waals surface area contributed by atoms with Gasteiger partial charge in [-0.05, 0) is 36.4 Å². The molecule has 0 spiro atoms. The quantitative estimate of drug-likeness (QED) is 0.825. The van der Waals surface area contributed by atoms with Gasteiger partial charge in [-0.3, -0.25) is 15.6 Å². The minimum atomic E-state index is -0.158. The van der Waals surface area contributed by atoms with Crippen LogP contribution in [0.2, 0.25) is 0 Å². The van der Waals surface area contributed by atoms with E-state index >= 15 is 0 Å². The third-order valence-corrected chi connectivity index (χ3v) is 2.74. The second-order valence-corrected chi connectivity index (χ2v) is 4.39. The summed E-state index contributed by atoms with van der Waals surface area (Å²) < 4.78 is 0. The maximum absolute atomic E-state index is 11.9. The first-order valence-corrected chi connectivity index (χ1v) is 6.05. The fourth-order valence-electron chi connectivity index (χ4n) is 1.63. The van der Waals surface area contributed by atoms with Crippen molar-refractivity contribution >= 4 is 17.3 Å². The predicted molar refractivity (Wildman–Crippen MR) is 78.3 cm³/mol. The van der Waals surface area contributed by atoms with Crippen molar-refractivity contribution in [2.45, 2.75) is 0 Å². The van der Waals surface area contributed by atoms with Gasteiger partial charge < -0.3 is 4.90 Å². The van der Waals surface area contributed by atoms with E-state index in [0.29, 0.717) is 5.56 Å². The lowest BCUT2D eigenvalue weighted by Crippen LogP contribution is -2.29. The molecular weight excluding hydrogens is 238 g/mol. The molecular formula is C15H17N3O. The van der Waals surface area contributed by atoms with Gasteiger partial charge in [-0.15, -0.1) is 0 Å². The molecule has 0 unspecified atom stereocenters. The number of carbonyl (C=O) groups excluding carboxylic acids is 1. The van der Waals surface area contributed by atoms with Gasteiger partial charge in [-0.1, -0.05) is 18.2 Å². The van der Waals surface area contributed by atoms with E-state index in [1.54, 1.807) is 12.1 Å². The van der Waals surface area contributed by atoms with Crippen molar-refractivity contribution in [3.8, 4) is 0 Å². The van der Waals surface area contributed by atoms with Crippen molar-refractivity contribution in [1.82, 2.24) is 5.43 Å². The molecule has 0 aliphatic rings. The van der Waals surface area contributed by atoms with Gasteiger partial charge >= 0.3 is 0 Å². The molecule has 0 aliphatic heterocycles. The number of benzene rings is 2. The lowest BCUT2D eigenvalue weighted by atomic mass is 10.2. The Labute approximate surface area is 113 Å². The van der Waals surface area contributed by atoms with E-state index in [9.17, 15) is 4.79 Å². The summed E-state index contributed by atoms with van der Waals surface area (Å²) in [7, 11) is 3.93. The first-order valence-electron chi connectivity index (χ1n) is 6.05. The number of nitrogens with zero attached hydrogens (tertiary/aromatic N) is 1. The molecule has 0 heterocycles. The molecule has 0 aliphatic carbocycles. The molecule has 19 heavy (non-hydrogen) atoms. The van der Waals surface area contributed by atoms with Crippen molar-refractivity contribution in [2.75, 3.05) is 24.4 Å². The summed E-state index contributed by atoms with van der Waals surface area (Å²) in [5, 5.41) is 0. The molecule has 0 bridgehead atoms. The highest BCUT2D eigenvalue weighted by Crippen LogP contribution is 2.12. The molecule has 0 radical (unpaired) electrons. The van der Waals surface area contributed by atoms with Crippen molar-refractivity contribution < 1.29 is 4.79 Å². The fourth-order valence-corrected chi connectivity index (χ4v) is 1.63. The Hall–Kier alpha value is -2.49. The average Bonchev–Trinajstić information content (AvgIpc) is 2.46. The molecule has 2 aromatic carbocycles. The maximum Gasteiger partial charge on any atom is 0.269 e.